The Bertz CT molecular complexity index is 671. The topological polar surface area (TPSA) is 114 Å². The molecule has 0 aliphatic rings. The van der Waals surface area contributed by atoms with Crippen molar-refractivity contribution in [2.45, 2.75) is 37.8 Å². The number of hydrogen-bond acceptors (Lipinski definition) is 5. The van der Waals surface area contributed by atoms with Gasteiger partial charge in [0.25, 0.3) is 0 Å². The van der Waals surface area contributed by atoms with Crippen LogP contribution in [0.3, 0.4) is 0 Å². The van der Waals surface area contributed by atoms with Crippen molar-refractivity contribution >= 4 is 21.8 Å². The van der Waals surface area contributed by atoms with Crippen molar-refractivity contribution in [3.8, 4) is 5.75 Å². The van der Waals surface area contributed by atoms with Crippen molar-refractivity contribution < 1.29 is 22.7 Å². The lowest BCUT2D eigenvalue weighted by Crippen LogP contribution is -2.48. The van der Waals surface area contributed by atoms with Crippen molar-refractivity contribution in [1.82, 2.24) is 15.4 Å². The van der Waals surface area contributed by atoms with Crippen LogP contribution in [-0.2, 0) is 19.6 Å². The Morgan fingerprint density at radius 2 is 1.71 bits per heavy atom. The summed E-state index contributed by atoms with van der Waals surface area (Å²) in [6.45, 7) is 4.78. The van der Waals surface area contributed by atoms with E-state index in [1.165, 1.54) is 38.3 Å². The number of hydrogen-bond donors (Lipinski definition) is 3. The summed E-state index contributed by atoms with van der Waals surface area (Å²) in [5.41, 5.74) is 0. The third-order valence-electron chi connectivity index (χ3n) is 2.97. The molecule has 0 saturated heterocycles. The second-order valence-electron chi connectivity index (χ2n) is 5.46. The maximum absolute atomic E-state index is 12.2. The number of nitrogens with one attached hydrogen (secondary N) is 3. The number of carbonyl (C=O) groups excluding carboxylic acids is 2. The van der Waals surface area contributed by atoms with Crippen LogP contribution in [0.25, 0.3) is 0 Å². The molecule has 3 N–H and O–H groups in total. The lowest BCUT2D eigenvalue weighted by atomic mass is 10.3. The van der Waals surface area contributed by atoms with E-state index in [9.17, 15) is 18.0 Å². The van der Waals surface area contributed by atoms with Gasteiger partial charge >= 0.3 is 0 Å². The van der Waals surface area contributed by atoms with Crippen LogP contribution in [0.2, 0.25) is 0 Å². The summed E-state index contributed by atoms with van der Waals surface area (Å²) in [7, 11) is -2.38. The van der Waals surface area contributed by atoms with Gasteiger partial charge in [-0.3, -0.25) is 9.59 Å². The molecule has 24 heavy (non-hydrogen) atoms. The van der Waals surface area contributed by atoms with Crippen molar-refractivity contribution in [2.24, 2.45) is 0 Å². The fourth-order valence-corrected chi connectivity index (χ4v) is 3.01. The van der Waals surface area contributed by atoms with Gasteiger partial charge in [-0.2, -0.15) is 4.72 Å². The minimum Gasteiger partial charge on any atom is -0.497 e. The molecule has 1 rings (SSSR count). The molecule has 0 aromatic heterocycles. The molecule has 1 aromatic rings. The normalized spacial score (nSPS) is 12.5. The fourth-order valence-electron chi connectivity index (χ4n) is 1.80. The minimum atomic E-state index is -3.85. The summed E-state index contributed by atoms with van der Waals surface area (Å²) in [5.74, 6) is -0.412. The van der Waals surface area contributed by atoms with Crippen LogP contribution in [0.1, 0.15) is 20.8 Å². The highest BCUT2D eigenvalue weighted by atomic mass is 32.2. The lowest BCUT2D eigenvalue weighted by molar-refractivity contribution is -0.127. The zero-order valence-electron chi connectivity index (χ0n) is 14.1. The molecule has 0 aliphatic heterocycles. The van der Waals surface area contributed by atoms with Gasteiger partial charge in [-0.05, 0) is 45.0 Å². The van der Waals surface area contributed by atoms with Gasteiger partial charge in [-0.1, -0.05) is 0 Å². The molecule has 9 heteroatoms. The molecule has 0 bridgehead atoms. The first kappa shape index (κ1) is 19.9. The Balaban J connectivity index is 2.62. The fraction of sp³-hybridized carbons (Fsp3) is 0.467. The second kappa shape index (κ2) is 8.65. The Morgan fingerprint density at radius 1 is 1.12 bits per heavy atom. The Morgan fingerprint density at radius 3 is 2.21 bits per heavy atom. The molecule has 134 valence electrons. The molecular formula is C15H23N3O5S. The van der Waals surface area contributed by atoms with E-state index >= 15 is 0 Å². The highest BCUT2D eigenvalue weighted by Crippen LogP contribution is 2.15. The van der Waals surface area contributed by atoms with Crippen LogP contribution in [0.15, 0.2) is 29.2 Å². The molecule has 1 aromatic carbocycles. The van der Waals surface area contributed by atoms with Crippen molar-refractivity contribution in [1.29, 1.82) is 0 Å². The molecule has 0 radical (unpaired) electrons. The third kappa shape index (κ3) is 6.17. The minimum absolute atomic E-state index is 0.0144. The van der Waals surface area contributed by atoms with E-state index in [4.69, 9.17) is 4.74 Å². The summed E-state index contributed by atoms with van der Waals surface area (Å²) in [6, 6.07) is 4.71. The third-order valence-corrected chi connectivity index (χ3v) is 4.52. The predicted molar refractivity (Wildman–Crippen MR) is 89.1 cm³/mol. The smallest absolute Gasteiger partial charge is 0.241 e. The van der Waals surface area contributed by atoms with Gasteiger partial charge < -0.3 is 15.4 Å². The van der Waals surface area contributed by atoms with Crippen LogP contribution >= 0.6 is 0 Å². The number of methoxy groups -OCH3 is 1. The van der Waals surface area contributed by atoms with E-state index < -0.39 is 22.0 Å². The molecular weight excluding hydrogens is 334 g/mol. The van der Waals surface area contributed by atoms with E-state index in [2.05, 4.69) is 15.4 Å². The molecule has 0 saturated carbocycles. The number of carbonyl (C=O) groups is 2. The molecule has 0 spiro atoms. The number of rotatable bonds is 8. The molecule has 8 nitrogen and oxygen atoms in total. The van der Waals surface area contributed by atoms with Crippen molar-refractivity contribution in [3.05, 3.63) is 24.3 Å². The number of ether oxygens (including phenoxy) is 1. The molecule has 0 aliphatic carbocycles. The molecule has 0 unspecified atom stereocenters. The molecule has 0 fully saturated rings. The number of amides is 2. The number of benzene rings is 1. The average Bonchev–Trinajstić information content (AvgIpc) is 2.51. The monoisotopic (exact) mass is 357 g/mol. The zero-order chi connectivity index (χ0) is 18.3. The van der Waals surface area contributed by atoms with E-state index in [0.717, 1.165) is 0 Å². The summed E-state index contributed by atoms with van der Waals surface area (Å²) < 4.78 is 31.7. The van der Waals surface area contributed by atoms with Gasteiger partial charge in [-0.15, -0.1) is 0 Å². The van der Waals surface area contributed by atoms with Gasteiger partial charge in [0, 0.05) is 6.04 Å². The highest BCUT2D eigenvalue weighted by molar-refractivity contribution is 7.89. The summed E-state index contributed by atoms with van der Waals surface area (Å²) >= 11 is 0. The highest BCUT2D eigenvalue weighted by Gasteiger charge is 2.22. The zero-order valence-corrected chi connectivity index (χ0v) is 14.9. The van der Waals surface area contributed by atoms with Crippen molar-refractivity contribution in [2.75, 3.05) is 13.7 Å². The van der Waals surface area contributed by atoms with E-state index in [-0.39, 0.29) is 23.4 Å². The van der Waals surface area contributed by atoms with Crippen LogP contribution in [0.4, 0.5) is 0 Å². The second-order valence-corrected chi connectivity index (χ2v) is 7.17. The van der Waals surface area contributed by atoms with Crippen LogP contribution in [0, 0.1) is 0 Å². The molecule has 1 atom stereocenters. The standard InChI is InChI=1S/C15H23N3O5S/c1-10(2)17-14(19)9-16-15(20)11(3)18-24(21,22)13-7-5-12(23-4)6-8-13/h5-8,10-11,18H,9H2,1-4H3,(H,16,20)(H,17,19)/t11-/m0/s1. The quantitative estimate of drug-likeness (QED) is 0.606. The first-order chi connectivity index (χ1) is 11.2. The number of sulfonamides is 1. The summed E-state index contributed by atoms with van der Waals surface area (Å²) in [4.78, 5) is 23.4. The maximum atomic E-state index is 12.2. The SMILES string of the molecule is COc1ccc(S(=O)(=O)N[C@@H](C)C(=O)NCC(=O)NC(C)C)cc1. The first-order valence-corrected chi connectivity index (χ1v) is 8.87. The van der Waals surface area contributed by atoms with E-state index in [1.54, 1.807) is 13.8 Å². The Hall–Kier alpha value is -2.13. The summed E-state index contributed by atoms with van der Waals surface area (Å²) in [6.07, 6.45) is 0. The lowest BCUT2D eigenvalue weighted by Gasteiger charge is -2.15. The summed E-state index contributed by atoms with van der Waals surface area (Å²) in [5, 5.41) is 5.00. The Kier molecular flexibility index (Phi) is 7.18. The van der Waals surface area contributed by atoms with Crippen LogP contribution in [-0.4, -0.2) is 46.0 Å². The van der Waals surface area contributed by atoms with Crippen LogP contribution < -0.4 is 20.1 Å². The Labute approximate surface area is 142 Å². The largest absolute Gasteiger partial charge is 0.497 e. The predicted octanol–water partition coefficient (Wildman–Crippen LogP) is 0.00280. The van der Waals surface area contributed by atoms with E-state index in [1.807, 2.05) is 0 Å². The van der Waals surface area contributed by atoms with Crippen LogP contribution in [0.5, 0.6) is 5.75 Å². The van der Waals surface area contributed by atoms with Gasteiger partial charge in [0.2, 0.25) is 21.8 Å². The van der Waals surface area contributed by atoms with E-state index in [0.29, 0.717) is 5.75 Å². The van der Waals surface area contributed by atoms with Gasteiger partial charge in [-0.25, -0.2) is 8.42 Å². The van der Waals surface area contributed by atoms with Gasteiger partial charge in [0.1, 0.15) is 5.75 Å². The van der Waals surface area contributed by atoms with Gasteiger partial charge in [0.15, 0.2) is 0 Å². The van der Waals surface area contributed by atoms with Crippen molar-refractivity contribution in [3.63, 3.8) is 0 Å². The maximum Gasteiger partial charge on any atom is 0.241 e. The first-order valence-electron chi connectivity index (χ1n) is 7.39. The molecule has 0 heterocycles. The average molecular weight is 357 g/mol. The molecule has 2 amide bonds. The van der Waals surface area contributed by atoms with Gasteiger partial charge in [0.05, 0.1) is 24.6 Å².